The molecule has 178 valence electrons. The van der Waals surface area contributed by atoms with Crippen LogP contribution in [0.5, 0.6) is 0 Å². The number of ether oxygens (including phenoxy) is 1. The first-order chi connectivity index (χ1) is 15.7. The van der Waals surface area contributed by atoms with Crippen molar-refractivity contribution in [2.24, 2.45) is 5.92 Å². The van der Waals surface area contributed by atoms with E-state index in [1.165, 1.54) is 35.5 Å². The number of rotatable bonds is 10. The van der Waals surface area contributed by atoms with E-state index >= 15 is 0 Å². The van der Waals surface area contributed by atoms with Gasteiger partial charge in [-0.2, -0.15) is 8.78 Å². The van der Waals surface area contributed by atoms with Crippen molar-refractivity contribution in [2.45, 2.75) is 50.7 Å². The van der Waals surface area contributed by atoms with Crippen LogP contribution in [0.3, 0.4) is 0 Å². The van der Waals surface area contributed by atoms with Gasteiger partial charge < -0.3 is 14.7 Å². The second kappa shape index (κ2) is 11.0. The van der Waals surface area contributed by atoms with E-state index in [0.717, 1.165) is 10.4 Å². The number of methoxy groups -OCH3 is 1. The second-order valence-corrected chi connectivity index (χ2v) is 9.55. The molecule has 0 unspecified atom stereocenters. The number of esters is 1. The van der Waals surface area contributed by atoms with Crippen LogP contribution in [-0.4, -0.2) is 53.6 Å². The zero-order chi connectivity index (χ0) is 24.0. The summed E-state index contributed by atoms with van der Waals surface area (Å²) in [4.78, 5) is 26.4. The molecule has 8 heteroatoms. The molecular formula is C25H29F2NO4S. The zero-order valence-corrected chi connectivity index (χ0v) is 19.6. The van der Waals surface area contributed by atoms with Gasteiger partial charge in [0.15, 0.2) is 0 Å². The smallest absolute Gasteiger partial charge is 0.348 e. The van der Waals surface area contributed by atoms with Gasteiger partial charge in [-0.1, -0.05) is 49.4 Å². The summed E-state index contributed by atoms with van der Waals surface area (Å²) in [5.41, 5.74) is 1.09. The molecule has 0 bridgehead atoms. The van der Waals surface area contributed by atoms with Gasteiger partial charge in [-0.25, -0.2) is 4.79 Å². The molecule has 5 nitrogen and oxygen atoms in total. The van der Waals surface area contributed by atoms with E-state index in [-0.39, 0.29) is 12.5 Å². The van der Waals surface area contributed by atoms with Crippen LogP contribution in [0.4, 0.5) is 8.78 Å². The Balaban J connectivity index is 1.58. The Morgan fingerprint density at radius 2 is 2.03 bits per heavy atom. The third-order valence-corrected chi connectivity index (χ3v) is 6.95. The molecule has 0 aliphatic carbocycles. The second-order valence-electron chi connectivity index (χ2n) is 8.38. The van der Waals surface area contributed by atoms with Crippen molar-refractivity contribution in [3.8, 4) is 0 Å². The molecule has 1 aromatic carbocycles. The highest BCUT2D eigenvalue weighted by atomic mass is 32.1. The number of hydrogen-bond donors (Lipinski definition) is 1. The molecule has 1 aliphatic rings. The van der Waals surface area contributed by atoms with Gasteiger partial charge in [0, 0.05) is 17.8 Å². The van der Waals surface area contributed by atoms with Crippen molar-refractivity contribution in [2.75, 3.05) is 13.7 Å². The van der Waals surface area contributed by atoms with Crippen LogP contribution in [0.2, 0.25) is 0 Å². The molecule has 2 heterocycles. The average Bonchev–Trinajstić information content (AvgIpc) is 3.35. The number of likely N-dealkylation sites (tertiary alicyclic amines) is 1. The highest BCUT2D eigenvalue weighted by molar-refractivity contribution is 7.13. The Hall–Kier alpha value is -2.58. The van der Waals surface area contributed by atoms with Crippen LogP contribution in [-0.2, 0) is 22.4 Å². The first kappa shape index (κ1) is 25.1. The summed E-state index contributed by atoms with van der Waals surface area (Å²) >= 11 is 1.29. The molecule has 3 atom stereocenters. The average molecular weight is 478 g/mol. The van der Waals surface area contributed by atoms with Crippen molar-refractivity contribution in [3.05, 3.63) is 69.9 Å². The summed E-state index contributed by atoms with van der Waals surface area (Å²) in [6.45, 7) is 2.07. The lowest BCUT2D eigenvalue weighted by molar-refractivity contribution is -0.148. The summed E-state index contributed by atoms with van der Waals surface area (Å²) in [6, 6.07) is 12.5. The van der Waals surface area contributed by atoms with Gasteiger partial charge >= 0.3 is 11.9 Å². The number of amides is 1. The number of carbonyl (C=O) groups excluding carboxylic acids is 2. The maximum atomic E-state index is 14.2. The van der Waals surface area contributed by atoms with Crippen LogP contribution in [0.1, 0.15) is 39.9 Å². The maximum absolute atomic E-state index is 14.2. The SMILES string of the molecule is COC(=O)c1ccc(CCCN2C(=O)C(F)(F)C[C@@H]2C=C[C@H](O)[C@@H](C)Cc2ccccc2)s1. The minimum absolute atomic E-state index is 0.0995. The lowest BCUT2D eigenvalue weighted by atomic mass is 9.95. The molecule has 1 aromatic heterocycles. The van der Waals surface area contributed by atoms with Crippen molar-refractivity contribution in [1.82, 2.24) is 4.90 Å². The number of benzene rings is 1. The molecule has 0 saturated carbocycles. The minimum atomic E-state index is -3.41. The number of thiophene rings is 1. The predicted molar refractivity (Wildman–Crippen MR) is 124 cm³/mol. The van der Waals surface area contributed by atoms with Gasteiger partial charge in [0.25, 0.3) is 5.91 Å². The van der Waals surface area contributed by atoms with Gasteiger partial charge in [-0.05, 0) is 42.9 Å². The quantitative estimate of drug-likeness (QED) is 0.404. The van der Waals surface area contributed by atoms with Gasteiger partial charge in [0.2, 0.25) is 0 Å². The Morgan fingerprint density at radius 1 is 1.30 bits per heavy atom. The number of halogens is 2. The van der Waals surface area contributed by atoms with Gasteiger partial charge in [0.1, 0.15) is 4.88 Å². The van der Waals surface area contributed by atoms with E-state index in [4.69, 9.17) is 0 Å². The topological polar surface area (TPSA) is 66.8 Å². The van der Waals surface area contributed by atoms with E-state index in [1.54, 1.807) is 12.1 Å². The van der Waals surface area contributed by atoms with Crippen LogP contribution >= 0.6 is 11.3 Å². The first-order valence-electron chi connectivity index (χ1n) is 11.0. The van der Waals surface area contributed by atoms with E-state index < -0.39 is 36.4 Å². The molecule has 0 spiro atoms. The molecule has 1 aliphatic heterocycles. The molecule has 1 amide bonds. The monoisotopic (exact) mass is 477 g/mol. The van der Waals surface area contributed by atoms with Crippen molar-refractivity contribution in [1.29, 1.82) is 0 Å². The van der Waals surface area contributed by atoms with Crippen LogP contribution < -0.4 is 0 Å². The summed E-state index contributed by atoms with van der Waals surface area (Å²) in [7, 11) is 1.31. The normalized spacial score (nSPS) is 19.7. The predicted octanol–water partition coefficient (Wildman–Crippen LogP) is 4.50. The highest BCUT2D eigenvalue weighted by Crippen LogP contribution is 2.34. The molecule has 1 N–H and O–H groups in total. The summed E-state index contributed by atoms with van der Waals surface area (Å²) in [6.07, 6.45) is 3.37. The van der Waals surface area contributed by atoms with Gasteiger partial charge in [0.05, 0.1) is 19.3 Å². The van der Waals surface area contributed by atoms with Crippen LogP contribution in [0.25, 0.3) is 0 Å². The first-order valence-corrected chi connectivity index (χ1v) is 11.8. The highest BCUT2D eigenvalue weighted by Gasteiger charge is 2.52. The van der Waals surface area contributed by atoms with Gasteiger partial charge in [-0.15, -0.1) is 11.3 Å². The molecule has 2 aromatic rings. The van der Waals surface area contributed by atoms with E-state index in [2.05, 4.69) is 4.74 Å². The zero-order valence-electron chi connectivity index (χ0n) is 18.7. The maximum Gasteiger partial charge on any atom is 0.348 e. The number of alkyl halides is 2. The molecule has 1 saturated heterocycles. The fourth-order valence-corrected chi connectivity index (χ4v) is 4.91. The van der Waals surface area contributed by atoms with Crippen LogP contribution in [0, 0.1) is 5.92 Å². The third-order valence-electron chi connectivity index (χ3n) is 5.82. The number of hydrogen-bond acceptors (Lipinski definition) is 5. The van der Waals surface area contributed by atoms with Gasteiger partial charge in [-0.3, -0.25) is 4.79 Å². The minimum Gasteiger partial charge on any atom is -0.465 e. The molecule has 0 radical (unpaired) electrons. The number of nitrogens with zero attached hydrogens (tertiary/aromatic N) is 1. The Labute approximate surface area is 196 Å². The number of aliphatic hydroxyl groups is 1. The number of aryl methyl sites for hydroxylation is 1. The Kier molecular flexibility index (Phi) is 8.37. The van der Waals surface area contributed by atoms with E-state index in [0.29, 0.717) is 24.1 Å². The Morgan fingerprint density at radius 3 is 2.73 bits per heavy atom. The molecule has 3 rings (SSSR count). The van der Waals surface area contributed by atoms with E-state index in [9.17, 15) is 23.5 Å². The van der Waals surface area contributed by atoms with Crippen molar-refractivity contribution >= 4 is 23.2 Å². The molecular weight excluding hydrogens is 448 g/mol. The van der Waals surface area contributed by atoms with Crippen LogP contribution in [0.15, 0.2) is 54.6 Å². The summed E-state index contributed by atoms with van der Waals surface area (Å²) < 4.78 is 33.0. The van der Waals surface area contributed by atoms with Crippen molar-refractivity contribution in [3.63, 3.8) is 0 Å². The largest absolute Gasteiger partial charge is 0.465 e. The molecule has 1 fully saturated rings. The Bertz CT molecular complexity index is 976. The lowest BCUT2D eigenvalue weighted by Crippen LogP contribution is -2.37. The standard InChI is InChI=1S/C25H29F2NO4S/c1-17(15-18-7-4-3-5-8-18)21(29)12-10-19-16-25(26,27)24(31)28(19)14-6-9-20-11-13-22(33-20)23(30)32-2/h3-5,7-8,10-13,17,19,21,29H,6,9,14-16H2,1-2H3/t17-,19-,21-/m0/s1. The van der Waals surface area contributed by atoms with Crippen molar-refractivity contribution < 1.29 is 28.2 Å². The fourth-order valence-electron chi connectivity index (χ4n) is 3.94. The number of carbonyl (C=O) groups is 2. The number of aliphatic hydroxyl groups excluding tert-OH is 1. The van der Waals surface area contributed by atoms with E-state index in [1.807, 2.05) is 37.3 Å². The molecule has 33 heavy (non-hydrogen) atoms. The lowest BCUT2D eigenvalue weighted by Gasteiger charge is -2.22. The summed E-state index contributed by atoms with van der Waals surface area (Å²) in [5.74, 6) is -5.09. The fraction of sp³-hybridized carbons (Fsp3) is 0.440. The third kappa shape index (κ3) is 6.48. The summed E-state index contributed by atoms with van der Waals surface area (Å²) in [5, 5.41) is 10.5.